The van der Waals surface area contributed by atoms with Crippen LogP contribution in [-0.4, -0.2) is 18.8 Å². The van der Waals surface area contributed by atoms with Gasteiger partial charge in [-0.05, 0) is 23.8 Å². The second-order valence-electron chi connectivity index (χ2n) is 2.82. The molecule has 3 nitrogen and oxygen atoms in total. The lowest BCUT2D eigenvalue weighted by Gasteiger charge is -2.06. The minimum absolute atomic E-state index is 0.204. The van der Waals surface area contributed by atoms with E-state index >= 15 is 0 Å². The van der Waals surface area contributed by atoms with Crippen molar-refractivity contribution in [3.63, 3.8) is 0 Å². The standard InChI is InChI=1S/C10H12FNO2S/c1-14-10(13)6-15-9-3-2-8(11)4-7(9)5-12/h2-4H,5-6,12H2,1H3. The molecular weight excluding hydrogens is 217 g/mol. The van der Waals surface area contributed by atoms with Gasteiger partial charge in [-0.2, -0.15) is 0 Å². The van der Waals surface area contributed by atoms with E-state index in [-0.39, 0.29) is 24.1 Å². The van der Waals surface area contributed by atoms with Gasteiger partial charge in [0.25, 0.3) is 0 Å². The van der Waals surface area contributed by atoms with Gasteiger partial charge in [0.15, 0.2) is 0 Å². The van der Waals surface area contributed by atoms with Crippen LogP contribution in [0.25, 0.3) is 0 Å². The van der Waals surface area contributed by atoms with Crippen LogP contribution < -0.4 is 5.73 Å². The number of hydrogen-bond donors (Lipinski definition) is 1. The summed E-state index contributed by atoms with van der Waals surface area (Å²) < 4.78 is 17.3. The highest BCUT2D eigenvalue weighted by Crippen LogP contribution is 2.23. The van der Waals surface area contributed by atoms with E-state index in [0.717, 1.165) is 4.90 Å². The minimum Gasteiger partial charge on any atom is -0.468 e. The number of benzene rings is 1. The quantitative estimate of drug-likeness (QED) is 0.628. The number of halogens is 1. The first-order chi connectivity index (χ1) is 7.17. The molecule has 0 fully saturated rings. The normalized spacial score (nSPS) is 10.1. The molecule has 0 radical (unpaired) electrons. The Balaban J connectivity index is 2.72. The molecule has 0 aromatic heterocycles. The van der Waals surface area contributed by atoms with Gasteiger partial charge < -0.3 is 10.5 Å². The Morgan fingerprint density at radius 2 is 2.33 bits per heavy atom. The molecule has 0 amide bonds. The number of thioether (sulfide) groups is 1. The topological polar surface area (TPSA) is 52.3 Å². The molecule has 0 bridgehead atoms. The molecule has 82 valence electrons. The zero-order valence-corrected chi connectivity index (χ0v) is 9.14. The van der Waals surface area contributed by atoms with E-state index in [4.69, 9.17) is 5.73 Å². The van der Waals surface area contributed by atoms with Crippen LogP contribution >= 0.6 is 11.8 Å². The maximum Gasteiger partial charge on any atom is 0.315 e. The van der Waals surface area contributed by atoms with Crippen molar-refractivity contribution in [3.05, 3.63) is 29.6 Å². The molecule has 1 aromatic carbocycles. The molecule has 0 aliphatic carbocycles. The van der Waals surface area contributed by atoms with Gasteiger partial charge in [0.05, 0.1) is 12.9 Å². The molecule has 0 saturated heterocycles. The van der Waals surface area contributed by atoms with Crippen molar-refractivity contribution in [2.45, 2.75) is 11.4 Å². The summed E-state index contributed by atoms with van der Waals surface area (Å²) in [6.45, 7) is 0.251. The fourth-order valence-corrected chi connectivity index (χ4v) is 1.93. The fraction of sp³-hybridized carbons (Fsp3) is 0.300. The summed E-state index contributed by atoms with van der Waals surface area (Å²) in [5.74, 6) is -0.431. The van der Waals surface area contributed by atoms with E-state index in [2.05, 4.69) is 4.74 Å². The Kier molecular flexibility index (Phi) is 4.58. The van der Waals surface area contributed by atoms with Crippen LogP contribution in [0.1, 0.15) is 5.56 Å². The molecule has 1 rings (SSSR count). The van der Waals surface area contributed by atoms with Crippen LogP contribution in [0.3, 0.4) is 0 Å². The van der Waals surface area contributed by atoms with Crippen LogP contribution in [0.5, 0.6) is 0 Å². The first kappa shape index (κ1) is 12.0. The molecule has 15 heavy (non-hydrogen) atoms. The largest absolute Gasteiger partial charge is 0.468 e. The number of carbonyl (C=O) groups excluding carboxylic acids is 1. The van der Waals surface area contributed by atoms with E-state index < -0.39 is 0 Å². The van der Waals surface area contributed by atoms with E-state index in [0.29, 0.717) is 5.56 Å². The van der Waals surface area contributed by atoms with Crippen LogP contribution in [0.4, 0.5) is 4.39 Å². The van der Waals surface area contributed by atoms with Gasteiger partial charge >= 0.3 is 5.97 Å². The monoisotopic (exact) mass is 229 g/mol. The number of esters is 1. The third-order valence-electron chi connectivity index (χ3n) is 1.82. The van der Waals surface area contributed by atoms with Gasteiger partial charge in [0.2, 0.25) is 0 Å². The lowest BCUT2D eigenvalue weighted by molar-refractivity contribution is -0.137. The average molecular weight is 229 g/mol. The summed E-state index contributed by atoms with van der Waals surface area (Å²) in [4.78, 5) is 11.7. The smallest absolute Gasteiger partial charge is 0.315 e. The average Bonchev–Trinajstić information content (AvgIpc) is 2.26. The van der Waals surface area contributed by atoms with Crippen molar-refractivity contribution in [1.82, 2.24) is 0 Å². The predicted octanol–water partition coefficient (Wildman–Crippen LogP) is 1.55. The fourth-order valence-electron chi connectivity index (χ4n) is 1.04. The van der Waals surface area contributed by atoms with E-state index in [1.54, 1.807) is 6.07 Å². The van der Waals surface area contributed by atoms with Crippen molar-refractivity contribution in [3.8, 4) is 0 Å². The Labute approximate surface area is 91.8 Å². The second kappa shape index (κ2) is 5.72. The Morgan fingerprint density at radius 1 is 1.60 bits per heavy atom. The number of nitrogens with two attached hydrogens (primary N) is 1. The van der Waals surface area contributed by atoms with E-state index in [1.165, 1.54) is 31.0 Å². The molecule has 0 unspecified atom stereocenters. The third kappa shape index (κ3) is 3.53. The molecule has 0 atom stereocenters. The predicted molar refractivity (Wildman–Crippen MR) is 57.0 cm³/mol. The highest BCUT2D eigenvalue weighted by Gasteiger charge is 2.06. The molecule has 2 N–H and O–H groups in total. The summed E-state index contributed by atoms with van der Waals surface area (Å²) in [6.07, 6.45) is 0. The molecule has 0 aliphatic heterocycles. The van der Waals surface area contributed by atoms with Crippen molar-refractivity contribution < 1.29 is 13.9 Å². The third-order valence-corrected chi connectivity index (χ3v) is 2.90. The maximum absolute atomic E-state index is 12.8. The molecular formula is C10H12FNO2S. The summed E-state index contributed by atoms with van der Waals surface area (Å²) >= 11 is 1.29. The van der Waals surface area contributed by atoms with Crippen molar-refractivity contribution >= 4 is 17.7 Å². The van der Waals surface area contributed by atoms with Crippen LogP contribution in [0.2, 0.25) is 0 Å². The second-order valence-corrected chi connectivity index (χ2v) is 3.84. The van der Waals surface area contributed by atoms with E-state index in [1.807, 2.05) is 0 Å². The first-order valence-corrected chi connectivity index (χ1v) is 5.34. The van der Waals surface area contributed by atoms with E-state index in [9.17, 15) is 9.18 Å². The molecule has 0 heterocycles. The lowest BCUT2D eigenvalue weighted by Crippen LogP contribution is -2.05. The van der Waals surface area contributed by atoms with Crippen molar-refractivity contribution in [2.75, 3.05) is 12.9 Å². The number of hydrogen-bond acceptors (Lipinski definition) is 4. The van der Waals surface area contributed by atoms with Gasteiger partial charge in [0.1, 0.15) is 5.82 Å². The van der Waals surface area contributed by atoms with Crippen LogP contribution in [0.15, 0.2) is 23.1 Å². The maximum atomic E-state index is 12.8. The number of ether oxygens (including phenoxy) is 1. The van der Waals surface area contributed by atoms with Crippen LogP contribution in [-0.2, 0) is 16.1 Å². The molecule has 0 saturated carbocycles. The lowest BCUT2D eigenvalue weighted by atomic mass is 10.2. The number of methoxy groups -OCH3 is 1. The highest BCUT2D eigenvalue weighted by molar-refractivity contribution is 8.00. The van der Waals surface area contributed by atoms with Gasteiger partial charge in [-0.3, -0.25) is 4.79 Å². The van der Waals surface area contributed by atoms with Crippen molar-refractivity contribution in [2.24, 2.45) is 5.73 Å². The minimum atomic E-state index is -0.321. The van der Waals surface area contributed by atoms with Gasteiger partial charge in [-0.15, -0.1) is 11.8 Å². The summed E-state index contributed by atoms with van der Waals surface area (Å²) in [5, 5.41) is 0. The number of carbonyl (C=O) groups is 1. The summed E-state index contributed by atoms with van der Waals surface area (Å²) in [6, 6.07) is 4.34. The van der Waals surface area contributed by atoms with Crippen molar-refractivity contribution in [1.29, 1.82) is 0 Å². The molecule has 0 spiro atoms. The Hall–Kier alpha value is -1.07. The summed E-state index contributed by atoms with van der Waals surface area (Å²) in [5.41, 5.74) is 6.16. The first-order valence-electron chi connectivity index (χ1n) is 4.35. The Bertz CT molecular complexity index is 357. The molecule has 0 aliphatic rings. The summed E-state index contributed by atoms with van der Waals surface area (Å²) in [7, 11) is 1.33. The van der Waals surface area contributed by atoms with Crippen LogP contribution in [0, 0.1) is 5.82 Å². The molecule has 5 heteroatoms. The zero-order valence-electron chi connectivity index (χ0n) is 8.33. The van der Waals surface area contributed by atoms with Gasteiger partial charge in [-0.1, -0.05) is 0 Å². The highest BCUT2D eigenvalue weighted by atomic mass is 32.2. The SMILES string of the molecule is COC(=O)CSc1ccc(F)cc1CN. The van der Waals surface area contributed by atoms with Gasteiger partial charge in [-0.25, -0.2) is 4.39 Å². The number of rotatable bonds is 4. The van der Waals surface area contributed by atoms with Gasteiger partial charge in [0, 0.05) is 11.4 Å². The Morgan fingerprint density at radius 3 is 2.93 bits per heavy atom. The zero-order chi connectivity index (χ0) is 11.3. The molecule has 1 aromatic rings.